The number of carboxylic acids is 1. The van der Waals surface area contributed by atoms with Gasteiger partial charge in [-0.15, -0.1) is 0 Å². The number of aliphatic hydroxyl groups excluding tert-OH is 1. The maximum absolute atomic E-state index is 12.5. The van der Waals surface area contributed by atoms with Crippen LogP contribution in [-0.2, 0) is 10.0 Å². The zero-order valence-corrected chi connectivity index (χ0v) is 12.2. The van der Waals surface area contributed by atoms with Crippen LogP contribution in [0.4, 0.5) is 0 Å². The maximum atomic E-state index is 12.5. The third-order valence-electron chi connectivity index (χ3n) is 3.66. The first-order valence-electron chi connectivity index (χ1n) is 6.48. The molecule has 21 heavy (non-hydrogen) atoms. The highest BCUT2D eigenvalue weighted by Crippen LogP contribution is 2.27. The van der Waals surface area contributed by atoms with Crippen LogP contribution in [0.5, 0.6) is 5.75 Å². The van der Waals surface area contributed by atoms with Gasteiger partial charge in [-0.05, 0) is 30.5 Å². The van der Waals surface area contributed by atoms with Crippen molar-refractivity contribution in [1.82, 2.24) is 4.31 Å². The normalized spacial score (nSPS) is 23.9. The molecule has 1 saturated heterocycles. The van der Waals surface area contributed by atoms with Gasteiger partial charge in [-0.1, -0.05) is 6.92 Å². The standard InChI is InChI=1S/C13H17NO6S/c1-8-7-14(5-4-11(8)15)21(19,20)9-2-3-12(16)10(6-9)13(17)18/h2-3,6,8,11,15-16H,4-5,7H2,1H3,(H,17,18). The lowest BCUT2D eigenvalue weighted by atomic mass is 9.99. The summed E-state index contributed by atoms with van der Waals surface area (Å²) in [4.78, 5) is 10.8. The number of aliphatic hydroxyl groups is 1. The molecule has 1 aromatic rings. The third-order valence-corrected chi connectivity index (χ3v) is 5.52. The average molecular weight is 315 g/mol. The molecule has 1 aliphatic heterocycles. The van der Waals surface area contributed by atoms with Crippen LogP contribution in [0.1, 0.15) is 23.7 Å². The van der Waals surface area contributed by atoms with Crippen LogP contribution in [0.15, 0.2) is 23.1 Å². The van der Waals surface area contributed by atoms with Gasteiger partial charge in [0.1, 0.15) is 11.3 Å². The number of benzene rings is 1. The summed E-state index contributed by atoms with van der Waals surface area (Å²) in [6.07, 6.45) is -0.199. The van der Waals surface area contributed by atoms with Crippen LogP contribution in [0, 0.1) is 5.92 Å². The van der Waals surface area contributed by atoms with Crippen LogP contribution < -0.4 is 0 Å². The van der Waals surface area contributed by atoms with Crippen molar-refractivity contribution in [2.24, 2.45) is 5.92 Å². The van der Waals surface area contributed by atoms with Crippen molar-refractivity contribution >= 4 is 16.0 Å². The van der Waals surface area contributed by atoms with E-state index in [9.17, 15) is 23.4 Å². The number of sulfonamides is 1. The molecule has 0 bridgehead atoms. The van der Waals surface area contributed by atoms with Crippen LogP contribution in [0.2, 0.25) is 0 Å². The second kappa shape index (κ2) is 5.63. The summed E-state index contributed by atoms with van der Waals surface area (Å²) in [6.45, 7) is 2.11. The van der Waals surface area contributed by atoms with Crippen LogP contribution in [0.3, 0.4) is 0 Å². The number of piperidine rings is 1. The summed E-state index contributed by atoms with van der Waals surface area (Å²) < 4.78 is 26.2. The van der Waals surface area contributed by atoms with E-state index in [1.165, 1.54) is 10.4 Å². The van der Waals surface area contributed by atoms with Gasteiger partial charge in [0.05, 0.1) is 11.0 Å². The van der Waals surface area contributed by atoms with Crippen molar-refractivity contribution in [3.63, 3.8) is 0 Å². The Labute approximate surface area is 122 Å². The Balaban J connectivity index is 2.36. The molecule has 0 spiro atoms. The lowest BCUT2D eigenvalue weighted by Gasteiger charge is -2.33. The number of aromatic carboxylic acids is 1. The van der Waals surface area contributed by atoms with Crippen molar-refractivity contribution in [3.05, 3.63) is 23.8 Å². The molecule has 0 aromatic heterocycles. The minimum absolute atomic E-state index is 0.173. The van der Waals surface area contributed by atoms with Crippen LogP contribution in [-0.4, -0.2) is 53.2 Å². The number of aromatic hydroxyl groups is 1. The summed E-state index contributed by atoms with van der Waals surface area (Å²) in [5, 5.41) is 28.0. The summed E-state index contributed by atoms with van der Waals surface area (Å²) in [5.41, 5.74) is -0.457. The summed E-state index contributed by atoms with van der Waals surface area (Å²) in [5.74, 6) is -2.07. The molecule has 0 radical (unpaired) electrons. The lowest BCUT2D eigenvalue weighted by molar-refractivity contribution is 0.0628. The largest absolute Gasteiger partial charge is 0.507 e. The van der Waals surface area contributed by atoms with E-state index < -0.39 is 33.4 Å². The summed E-state index contributed by atoms with van der Waals surface area (Å²) >= 11 is 0. The van der Waals surface area contributed by atoms with Gasteiger partial charge in [-0.25, -0.2) is 13.2 Å². The maximum Gasteiger partial charge on any atom is 0.339 e. The van der Waals surface area contributed by atoms with E-state index in [-0.39, 0.29) is 23.9 Å². The molecule has 1 aromatic carbocycles. The summed E-state index contributed by atoms with van der Waals surface area (Å²) in [7, 11) is -3.84. The fraction of sp³-hybridized carbons (Fsp3) is 0.462. The molecule has 2 unspecified atom stereocenters. The Morgan fingerprint density at radius 2 is 2.05 bits per heavy atom. The monoisotopic (exact) mass is 315 g/mol. The number of rotatable bonds is 3. The first-order chi connectivity index (χ1) is 9.73. The zero-order chi connectivity index (χ0) is 15.8. The third kappa shape index (κ3) is 3.02. The molecule has 116 valence electrons. The first-order valence-corrected chi connectivity index (χ1v) is 7.92. The smallest absolute Gasteiger partial charge is 0.339 e. The Morgan fingerprint density at radius 1 is 1.38 bits per heavy atom. The molecular weight excluding hydrogens is 298 g/mol. The molecule has 7 nitrogen and oxygen atoms in total. The van der Waals surface area contributed by atoms with E-state index in [1.807, 2.05) is 0 Å². The van der Waals surface area contributed by atoms with Crippen LogP contribution >= 0.6 is 0 Å². The van der Waals surface area contributed by atoms with E-state index in [0.29, 0.717) is 6.42 Å². The fourth-order valence-electron chi connectivity index (χ4n) is 2.31. The Morgan fingerprint density at radius 3 is 2.62 bits per heavy atom. The van der Waals surface area contributed by atoms with Gasteiger partial charge >= 0.3 is 5.97 Å². The molecule has 2 rings (SSSR count). The van der Waals surface area contributed by atoms with Gasteiger partial charge in [-0.3, -0.25) is 0 Å². The van der Waals surface area contributed by atoms with Crippen molar-refractivity contribution < 1.29 is 28.5 Å². The molecule has 1 heterocycles. The Hall–Kier alpha value is -1.64. The molecule has 1 fully saturated rings. The number of carbonyl (C=O) groups is 1. The highest BCUT2D eigenvalue weighted by atomic mass is 32.2. The second-order valence-electron chi connectivity index (χ2n) is 5.18. The predicted molar refractivity (Wildman–Crippen MR) is 73.6 cm³/mol. The van der Waals surface area contributed by atoms with E-state index in [1.54, 1.807) is 6.92 Å². The van der Waals surface area contributed by atoms with Gasteiger partial charge in [0.15, 0.2) is 0 Å². The number of hydrogen-bond acceptors (Lipinski definition) is 5. The summed E-state index contributed by atoms with van der Waals surface area (Å²) in [6, 6.07) is 3.17. The van der Waals surface area contributed by atoms with E-state index in [2.05, 4.69) is 0 Å². The van der Waals surface area contributed by atoms with E-state index >= 15 is 0 Å². The molecule has 8 heteroatoms. The minimum atomic E-state index is -3.84. The fourth-order valence-corrected chi connectivity index (χ4v) is 3.89. The zero-order valence-electron chi connectivity index (χ0n) is 11.4. The highest BCUT2D eigenvalue weighted by molar-refractivity contribution is 7.89. The topological polar surface area (TPSA) is 115 Å². The minimum Gasteiger partial charge on any atom is -0.507 e. The van der Waals surface area contributed by atoms with Crippen molar-refractivity contribution in [3.8, 4) is 5.75 Å². The molecule has 3 N–H and O–H groups in total. The molecule has 0 aliphatic carbocycles. The van der Waals surface area contributed by atoms with Gasteiger partial charge in [-0.2, -0.15) is 4.31 Å². The lowest BCUT2D eigenvalue weighted by Crippen LogP contribution is -2.44. The van der Waals surface area contributed by atoms with Crippen molar-refractivity contribution in [2.75, 3.05) is 13.1 Å². The molecular formula is C13H17NO6S. The van der Waals surface area contributed by atoms with Gasteiger partial charge in [0.2, 0.25) is 10.0 Å². The quantitative estimate of drug-likeness (QED) is 0.747. The molecule has 0 saturated carbocycles. The van der Waals surface area contributed by atoms with Crippen molar-refractivity contribution in [1.29, 1.82) is 0 Å². The van der Waals surface area contributed by atoms with Gasteiger partial charge in [0.25, 0.3) is 0 Å². The Bertz CT molecular complexity index is 657. The number of carboxylic acid groups (broad SMARTS) is 1. The number of hydrogen-bond donors (Lipinski definition) is 3. The van der Waals surface area contributed by atoms with Crippen molar-refractivity contribution in [2.45, 2.75) is 24.3 Å². The molecule has 0 amide bonds. The van der Waals surface area contributed by atoms with E-state index in [4.69, 9.17) is 5.11 Å². The average Bonchev–Trinajstić information content (AvgIpc) is 2.41. The number of phenols is 1. The second-order valence-corrected chi connectivity index (χ2v) is 7.12. The molecule has 2 atom stereocenters. The number of nitrogens with zero attached hydrogens (tertiary/aromatic N) is 1. The Kier molecular flexibility index (Phi) is 4.22. The first kappa shape index (κ1) is 15.7. The van der Waals surface area contributed by atoms with Gasteiger partial charge < -0.3 is 15.3 Å². The predicted octanol–water partition coefficient (Wildman–Crippen LogP) is 0.482. The molecule has 1 aliphatic rings. The van der Waals surface area contributed by atoms with Crippen LogP contribution in [0.25, 0.3) is 0 Å². The SMILES string of the molecule is CC1CN(S(=O)(=O)c2ccc(O)c(C(=O)O)c2)CCC1O. The van der Waals surface area contributed by atoms with Gasteiger partial charge in [0, 0.05) is 13.1 Å². The van der Waals surface area contributed by atoms with E-state index in [0.717, 1.165) is 12.1 Å². The highest BCUT2D eigenvalue weighted by Gasteiger charge is 2.33.